The average Bonchev–Trinajstić information content (AvgIpc) is 2.24. The first kappa shape index (κ1) is 10.3. The first-order valence-electron chi connectivity index (χ1n) is 4.99. The van der Waals surface area contributed by atoms with Crippen molar-refractivity contribution in [2.24, 2.45) is 0 Å². The zero-order chi connectivity index (χ0) is 10.8. The maximum absolute atomic E-state index is 11.2. The molecule has 82 valence electrons. The van der Waals surface area contributed by atoms with Crippen molar-refractivity contribution in [3.8, 4) is 0 Å². The highest BCUT2D eigenvalue weighted by Gasteiger charge is 2.17. The molecule has 0 aliphatic carbocycles. The number of nitrogens with two attached hydrogens (primary N) is 1. The molecule has 3 N–H and O–H groups in total. The number of hydrogen-bond acceptors (Lipinski definition) is 4. The fourth-order valence-electron chi connectivity index (χ4n) is 1.78. The summed E-state index contributed by atoms with van der Waals surface area (Å²) in [6.45, 7) is 1.77. The van der Waals surface area contributed by atoms with E-state index in [0.29, 0.717) is 10.8 Å². The zero-order valence-corrected chi connectivity index (χ0v) is 9.05. The quantitative estimate of drug-likeness (QED) is 0.752. The standard InChI is InChI=1S/C9H13ClN4O/c10-6-7(11)12-9(15)13-8(6)14-4-2-1-3-5-14/h1-5H2,(H3,11,12,13,15). The van der Waals surface area contributed by atoms with E-state index in [-0.39, 0.29) is 5.82 Å². The number of H-pyrrole nitrogens is 1. The minimum absolute atomic E-state index is 0.192. The minimum atomic E-state index is -0.447. The van der Waals surface area contributed by atoms with Crippen LogP contribution in [-0.4, -0.2) is 23.1 Å². The Balaban J connectivity index is 2.37. The van der Waals surface area contributed by atoms with Crippen molar-refractivity contribution >= 4 is 23.2 Å². The van der Waals surface area contributed by atoms with Gasteiger partial charge in [-0.2, -0.15) is 4.98 Å². The Morgan fingerprint density at radius 2 is 2.00 bits per heavy atom. The van der Waals surface area contributed by atoms with E-state index in [4.69, 9.17) is 17.3 Å². The van der Waals surface area contributed by atoms with Gasteiger partial charge in [-0.3, -0.25) is 4.98 Å². The van der Waals surface area contributed by atoms with Crippen LogP contribution in [0.5, 0.6) is 0 Å². The lowest BCUT2D eigenvalue weighted by atomic mass is 10.1. The molecule has 0 aromatic carbocycles. The van der Waals surface area contributed by atoms with Gasteiger partial charge in [0.1, 0.15) is 10.8 Å². The van der Waals surface area contributed by atoms with Crippen molar-refractivity contribution in [2.75, 3.05) is 23.7 Å². The van der Waals surface area contributed by atoms with E-state index in [1.807, 2.05) is 4.90 Å². The first-order chi connectivity index (χ1) is 7.18. The van der Waals surface area contributed by atoms with Crippen molar-refractivity contribution in [3.63, 3.8) is 0 Å². The smallest absolute Gasteiger partial charge is 0.348 e. The molecule has 5 nitrogen and oxygen atoms in total. The van der Waals surface area contributed by atoms with Crippen LogP contribution in [0.3, 0.4) is 0 Å². The van der Waals surface area contributed by atoms with Gasteiger partial charge in [0.05, 0.1) is 0 Å². The molecule has 0 atom stereocenters. The Labute approximate surface area is 92.3 Å². The minimum Gasteiger partial charge on any atom is -0.384 e. The maximum atomic E-state index is 11.2. The summed E-state index contributed by atoms with van der Waals surface area (Å²) >= 11 is 6.00. The topological polar surface area (TPSA) is 75.0 Å². The molecule has 2 heterocycles. The molecule has 0 amide bonds. The van der Waals surface area contributed by atoms with Crippen molar-refractivity contribution in [3.05, 3.63) is 15.5 Å². The molecule has 1 aromatic heterocycles. The fourth-order valence-corrected chi connectivity index (χ4v) is 1.99. The largest absolute Gasteiger partial charge is 0.384 e. The summed E-state index contributed by atoms with van der Waals surface area (Å²) in [6.07, 6.45) is 3.42. The van der Waals surface area contributed by atoms with Gasteiger partial charge >= 0.3 is 5.69 Å². The first-order valence-corrected chi connectivity index (χ1v) is 5.36. The third kappa shape index (κ3) is 2.07. The van der Waals surface area contributed by atoms with Gasteiger partial charge in [-0.1, -0.05) is 11.6 Å². The zero-order valence-electron chi connectivity index (χ0n) is 8.29. The summed E-state index contributed by atoms with van der Waals surface area (Å²) in [7, 11) is 0. The van der Waals surface area contributed by atoms with Crippen LogP contribution in [0.15, 0.2) is 4.79 Å². The van der Waals surface area contributed by atoms with Crippen LogP contribution in [0.1, 0.15) is 19.3 Å². The summed E-state index contributed by atoms with van der Waals surface area (Å²) < 4.78 is 0. The van der Waals surface area contributed by atoms with Crippen LogP contribution in [0, 0.1) is 0 Å². The lowest BCUT2D eigenvalue weighted by Gasteiger charge is -2.28. The Bertz CT molecular complexity index is 411. The van der Waals surface area contributed by atoms with Gasteiger partial charge in [0.25, 0.3) is 0 Å². The highest BCUT2D eigenvalue weighted by molar-refractivity contribution is 6.35. The third-order valence-corrected chi connectivity index (χ3v) is 2.91. The number of rotatable bonds is 1. The van der Waals surface area contributed by atoms with E-state index in [1.54, 1.807) is 0 Å². The molecule has 1 saturated heterocycles. The van der Waals surface area contributed by atoms with Crippen LogP contribution >= 0.6 is 11.6 Å². The summed E-state index contributed by atoms with van der Waals surface area (Å²) in [5.41, 5.74) is 5.13. The monoisotopic (exact) mass is 228 g/mol. The Morgan fingerprint density at radius 1 is 1.33 bits per heavy atom. The van der Waals surface area contributed by atoms with E-state index in [2.05, 4.69) is 9.97 Å². The molecular weight excluding hydrogens is 216 g/mol. The third-order valence-electron chi connectivity index (χ3n) is 2.54. The number of anilines is 2. The number of nitrogens with zero attached hydrogens (tertiary/aromatic N) is 2. The van der Waals surface area contributed by atoms with Crippen molar-refractivity contribution < 1.29 is 0 Å². The highest BCUT2D eigenvalue weighted by Crippen LogP contribution is 2.27. The molecular formula is C9H13ClN4O. The fraction of sp³-hybridized carbons (Fsp3) is 0.556. The van der Waals surface area contributed by atoms with Gasteiger partial charge in [0.2, 0.25) is 0 Å². The molecule has 0 unspecified atom stereocenters. The van der Waals surface area contributed by atoms with Gasteiger partial charge in [-0.25, -0.2) is 4.79 Å². The predicted molar refractivity (Wildman–Crippen MR) is 60.3 cm³/mol. The van der Waals surface area contributed by atoms with Crippen LogP contribution in [0.25, 0.3) is 0 Å². The molecule has 1 aromatic rings. The van der Waals surface area contributed by atoms with Crippen molar-refractivity contribution in [2.45, 2.75) is 19.3 Å². The molecule has 6 heteroatoms. The second-order valence-electron chi connectivity index (χ2n) is 3.64. The van der Waals surface area contributed by atoms with Gasteiger partial charge in [0.15, 0.2) is 5.82 Å². The van der Waals surface area contributed by atoms with Gasteiger partial charge in [-0.05, 0) is 19.3 Å². The van der Waals surface area contributed by atoms with E-state index < -0.39 is 5.69 Å². The van der Waals surface area contributed by atoms with Crippen molar-refractivity contribution in [1.82, 2.24) is 9.97 Å². The summed E-state index contributed by atoms with van der Waals surface area (Å²) in [6, 6.07) is 0. The number of aromatic nitrogens is 2. The maximum Gasteiger partial charge on any atom is 0.348 e. The number of piperidine rings is 1. The predicted octanol–water partition coefficient (Wildman–Crippen LogP) is 0.996. The van der Waals surface area contributed by atoms with E-state index >= 15 is 0 Å². The molecule has 0 bridgehead atoms. The second-order valence-corrected chi connectivity index (χ2v) is 4.02. The van der Waals surface area contributed by atoms with Crippen LogP contribution in [0.4, 0.5) is 11.6 Å². The molecule has 1 aliphatic rings. The molecule has 0 saturated carbocycles. The number of nitrogen functional groups attached to an aromatic ring is 1. The summed E-state index contributed by atoms with van der Waals surface area (Å²) in [5.74, 6) is 0.704. The van der Waals surface area contributed by atoms with Crippen molar-refractivity contribution in [1.29, 1.82) is 0 Å². The molecule has 15 heavy (non-hydrogen) atoms. The average molecular weight is 229 g/mol. The highest BCUT2D eigenvalue weighted by atomic mass is 35.5. The molecule has 1 aliphatic heterocycles. The van der Waals surface area contributed by atoms with Gasteiger partial charge < -0.3 is 10.6 Å². The molecule has 0 spiro atoms. The SMILES string of the molecule is Nc1[nH]c(=O)nc(N2CCCCC2)c1Cl. The molecule has 0 radical (unpaired) electrons. The Kier molecular flexibility index (Phi) is 2.81. The van der Waals surface area contributed by atoms with E-state index in [0.717, 1.165) is 25.9 Å². The van der Waals surface area contributed by atoms with Crippen LogP contribution in [-0.2, 0) is 0 Å². The van der Waals surface area contributed by atoms with E-state index in [9.17, 15) is 4.79 Å². The molecule has 1 fully saturated rings. The van der Waals surface area contributed by atoms with Crippen LogP contribution < -0.4 is 16.3 Å². The lowest BCUT2D eigenvalue weighted by Crippen LogP contribution is -2.32. The lowest BCUT2D eigenvalue weighted by molar-refractivity contribution is 0.572. The Hall–Kier alpha value is -1.23. The Morgan fingerprint density at radius 3 is 2.67 bits per heavy atom. The number of aromatic amines is 1. The number of halogens is 1. The summed E-state index contributed by atoms with van der Waals surface area (Å²) in [4.78, 5) is 19.4. The van der Waals surface area contributed by atoms with Gasteiger partial charge in [0, 0.05) is 13.1 Å². The summed E-state index contributed by atoms with van der Waals surface area (Å²) in [5, 5.41) is 0.344. The molecule has 2 rings (SSSR count). The van der Waals surface area contributed by atoms with E-state index in [1.165, 1.54) is 6.42 Å². The second kappa shape index (κ2) is 4.10. The normalized spacial score (nSPS) is 16.7. The number of hydrogen-bond donors (Lipinski definition) is 2. The van der Waals surface area contributed by atoms with Crippen LogP contribution in [0.2, 0.25) is 5.02 Å². The van der Waals surface area contributed by atoms with Gasteiger partial charge in [-0.15, -0.1) is 0 Å². The number of nitrogens with one attached hydrogen (secondary N) is 1.